The zero-order chi connectivity index (χ0) is 21.4. The van der Waals surface area contributed by atoms with Gasteiger partial charge < -0.3 is 15.4 Å². The Balaban J connectivity index is 1.71. The molecule has 0 aliphatic heterocycles. The fraction of sp³-hybridized carbons (Fsp3) is 0.211. The van der Waals surface area contributed by atoms with Crippen molar-refractivity contribution in [3.63, 3.8) is 0 Å². The molecule has 0 saturated carbocycles. The van der Waals surface area contributed by atoms with E-state index in [1.807, 2.05) is 0 Å². The second kappa shape index (κ2) is 11.3. The number of rotatable bonds is 8. The smallest absolute Gasteiger partial charge is 0.316 e. The van der Waals surface area contributed by atoms with E-state index in [9.17, 15) is 14.4 Å². The van der Waals surface area contributed by atoms with Crippen molar-refractivity contribution in [1.29, 1.82) is 0 Å². The first kappa shape index (κ1) is 23.3. The molecule has 0 unspecified atom stereocenters. The molecule has 2 N–H and O–H groups in total. The summed E-state index contributed by atoms with van der Waals surface area (Å²) in [6.45, 7) is 1.44. The number of hydrogen-bond donors (Lipinski definition) is 2. The molecule has 0 radical (unpaired) electrons. The lowest BCUT2D eigenvalue weighted by Gasteiger charge is -2.14. The average Bonchev–Trinajstić information content (AvgIpc) is 2.65. The Morgan fingerprint density at radius 2 is 1.62 bits per heavy atom. The maximum absolute atomic E-state index is 12.1. The molecule has 0 bridgehead atoms. The van der Waals surface area contributed by atoms with Gasteiger partial charge in [-0.1, -0.05) is 34.8 Å². The lowest BCUT2D eigenvalue weighted by atomic mass is 10.3. The van der Waals surface area contributed by atoms with Crippen LogP contribution in [0.4, 0.5) is 11.4 Å². The number of esters is 1. The van der Waals surface area contributed by atoms with Gasteiger partial charge in [-0.15, -0.1) is 11.8 Å². The van der Waals surface area contributed by atoms with Gasteiger partial charge in [-0.25, -0.2) is 0 Å². The van der Waals surface area contributed by atoms with Crippen LogP contribution in [-0.2, 0) is 19.1 Å². The van der Waals surface area contributed by atoms with E-state index >= 15 is 0 Å². The van der Waals surface area contributed by atoms with E-state index in [-0.39, 0.29) is 22.4 Å². The topological polar surface area (TPSA) is 84.5 Å². The van der Waals surface area contributed by atoms with Crippen molar-refractivity contribution in [3.05, 3.63) is 57.5 Å². The van der Waals surface area contributed by atoms with Gasteiger partial charge in [0.15, 0.2) is 6.10 Å². The monoisotopic (exact) mass is 474 g/mol. The number of nitrogens with one attached hydrogen (secondary N) is 2. The summed E-state index contributed by atoms with van der Waals surface area (Å²) in [5.41, 5.74) is 0.964. The van der Waals surface area contributed by atoms with Gasteiger partial charge in [0, 0.05) is 15.7 Å². The van der Waals surface area contributed by atoms with Crippen LogP contribution in [0.25, 0.3) is 0 Å². The molecule has 0 saturated heterocycles. The van der Waals surface area contributed by atoms with Crippen LogP contribution < -0.4 is 10.6 Å². The van der Waals surface area contributed by atoms with E-state index in [2.05, 4.69) is 10.6 Å². The highest BCUT2D eigenvalue weighted by Crippen LogP contribution is 2.25. The van der Waals surface area contributed by atoms with Crippen LogP contribution in [0.15, 0.2) is 42.5 Å². The summed E-state index contributed by atoms with van der Waals surface area (Å²) in [5.74, 6) is -1.44. The highest BCUT2D eigenvalue weighted by atomic mass is 35.5. The molecule has 2 aromatic carbocycles. The minimum Gasteiger partial charge on any atom is -0.452 e. The number of carbonyl (C=O) groups excluding carboxylic acids is 3. The maximum atomic E-state index is 12.1. The molecule has 0 fully saturated rings. The lowest BCUT2D eigenvalue weighted by Crippen LogP contribution is -2.30. The maximum Gasteiger partial charge on any atom is 0.316 e. The Kier molecular flexibility index (Phi) is 9.10. The molecule has 0 spiro atoms. The molecule has 0 aliphatic carbocycles. The third kappa shape index (κ3) is 8.14. The predicted molar refractivity (Wildman–Crippen MR) is 118 cm³/mol. The number of benzene rings is 2. The van der Waals surface area contributed by atoms with Gasteiger partial charge in [-0.2, -0.15) is 0 Å². The van der Waals surface area contributed by atoms with E-state index in [0.717, 1.165) is 11.8 Å². The number of carbonyl (C=O) groups is 3. The van der Waals surface area contributed by atoms with Gasteiger partial charge in [-0.05, 0) is 49.4 Å². The summed E-state index contributed by atoms with van der Waals surface area (Å²) < 4.78 is 5.07. The molecule has 2 aromatic rings. The minimum atomic E-state index is -1.03. The minimum absolute atomic E-state index is 0.0543. The number of ether oxygens (including phenoxy) is 1. The van der Waals surface area contributed by atoms with Crippen LogP contribution in [0.5, 0.6) is 0 Å². The summed E-state index contributed by atoms with van der Waals surface area (Å²) >= 11 is 18.7. The van der Waals surface area contributed by atoms with E-state index in [1.165, 1.54) is 13.0 Å². The van der Waals surface area contributed by atoms with Crippen LogP contribution in [0.2, 0.25) is 15.1 Å². The fourth-order valence-electron chi connectivity index (χ4n) is 2.07. The normalized spacial score (nSPS) is 11.4. The molecular weight excluding hydrogens is 459 g/mol. The third-order valence-corrected chi connectivity index (χ3v) is 5.15. The van der Waals surface area contributed by atoms with Gasteiger partial charge in [0.1, 0.15) is 0 Å². The largest absolute Gasteiger partial charge is 0.452 e. The molecular formula is C19H17Cl3N2O4S. The van der Waals surface area contributed by atoms with Crippen LogP contribution >= 0.6 is 46.6 Å². The third-order valence-electron chi connectivity index (χ3n) is 3.45. The standard InChI is InChI=1S/C19H17Cl3N2O4S/c1-11(19(27)24-16-7-4-13(21)8-15(16)22)28-18(26)10-29-9-17(25)23-14-5-2-12(20)3-6-14/h2-8,11H,9-10H2,1H3,(H,23,25)(H,24,27)/t11-/m0/s1. The molecule has 0 aliphatic rings. The zero-order valence-corrected chi connectivity index (χ0v) is 18.3. The molecule has 10 heteroatoms. The zero-order valence-electron chi connectivity index (χ0n) is 15.2. The van der Waals surface area contributed by atoms with E-state index in [1.54, 1.807) is 36.4 Å². The number of halogens is 3. The molecule has 2 amide bonds. The number of thioether (sulfide) groups is 1. The first-order valence-corrected chi connectivity index (χ1v) is 10.6. The average molecular weight is 476 g/mol. The Labute approximate surface area is 187 Å². The summed E-state index contributed by atoms with van der Waals surface area (Å²) in [4.78, 5) is 35.9. The van der Waals surface area contributed by atoms with Crippen molar-refractivity contribution in [1.82, 2.24) is 0 Å². The number of amides is 2. The molecule has 6 nitrogen and oxygen atoms in total. The predicted octanol–water partition coefficient (Wildman–Crippen LogP) is 4.89. The van der Waals surface area contributed by atoms with Crippen molar-refractivity contribution in [2.75, 3.05) is 22.1 Å². The second-order valence-electron chi connectivity index (χ2n) is 5.79. The Morgan fingerprint density at radius 1 is 0.966 bits per heavy atom. The van der Waals surface area contributed by atoms with E-state index < -0.39 is 18.0 Å². The Morgan fingerprint density at radius 3 is 2.28 bits per heavy atom. The van der Waals surface area contributed by atoms with Crippen LogP contribution in [0.1, 0.15) is 6.92 Å². The molecule has 1 atom stereocenters. The number of anilines is 2. The van der Waals surface area contributed by atoms with Gasteiger partial charge in [0.2, 0.25) is 5.91 Å². The molecule has 154 valence electrons. The van der Waals surface area contributed by atoms with Gasteiger partial charge in [-0.3, -0.25) is 14.4 Å². The Hall–Kier alpha value is -1.93. The molecule has 29 heavy (non-hydrogen) atoms. The molecule has 2 rings (SSSR count). The Bertz CT molecular complexity index is 894. The van der Waals surface area contributed by atoms with Crippen molar-refractivity contribution < 1.29 is 19.1 Å². The molecule has 0 aromatic heterocycles. The lowest BCUT2D eigenvalue weighted by molar-refractivity contribution is -0.150. The fourth-order valence-corrected chi connectivity index (χ4v) is 3.24. The SMILES string of the molecule is C[C@H](OC(=O)CSCC(=O)Nc1ccc(Cl)cc1)C(=O)Nc1ccc(Cl)cc1Cl. The highest BCUT2D eigenvalue weighted by Gasteiger charge is 2.19. The van der Waals surface area contributed by atoms with Crippen LogP contribution in [0.3, 0.4) is 0 Å². The first-order chi connectivity index (χ1) is 13.7. The quantitative estimate of drug-likeness (QED) is 0.531. The number of hydrogen-bond acceptors (Lipinski definition) is 5. The highest BCUT2D eigenvalue weighted by molar-refractivity contribution is 8.00. The summed E-state index contributed by atoms with van der Waals surface area (Å²) in [7, 11) is 0. The van der Waals surface area contributed by atoms with Crippen molar-refractivity contribution in [3.8, 4) is 0 Å². The van der Waals surface area contributed by atoms with Gasteiger partial charge in [0.25, 0.3) is 5.91 Å². The van der Waals surface area contributed by atoms with E-state index in [4.69, 9.17) is 39.5 Å². The van der Waals surface area contributed by atoms with Gasteiger partial charge in [0.05, 0.1) is 22.2 Å². The van der Waals surface area contributed by atoms with Crippen molar-refractivity contribution in [2.45, 2.75) is 13.0 Å². The molecule has 0 heterocycles. The second-order valence-corrected chi connectivity index (χ2v) is 8.06. The summed E-state index contributed by atoms with van der Waals surface area (Å²) in [5, 5.41) is 6.51. The van der Waals surface area contributed by atoms with Crippen LogP contribution in [0, 0.1) is 0 Å². The first-order valence-electron chi connectivity index (χ1n) is 8.33. The van der Waals surface area contributed by atoms with E-state index in [0.29, 0.717) is 21.4 Å². The summed E-state index contributed by atoms with van der Waals surface area (Å²) in [6.07, 6.45) is -1.03. The summed E-state index contributed by atoms with van der Waals surface area (Å²) in [6, 6.07) is 11.3. The van der Waals surface area contributed by atoms with Gasteiger partial charge >= 0.3 is 5.97 Å². The van der Waals surface area contributed by atoms with Crippen LogP contribution in [-0.4, -0.2) is 35.4 Å². The van der Waals surface area contributed by atoms with Crippen molar-refractivity contribution in [2.24, 2.45) is 0 Å². The van der Waals surface area contributed by atoms with Crippen molar-refractivity contribution >= 4 is 75.7 Å².